The molecule has 92 valence electrons. The molecule has 5 nitrogen and oxygen atoms in total. The summed E-state index contributed by atoms with van der Waals surface area (Å²) in [6.45, 7) is 0.125. The summed E-state index contributed by atoms with van der Waals surface area (Å²) >= 11 is 0. The molecule has 5 heteroatoms. The van der Waals surface area contributed by atoms with Crippen molar-refractivity contribution in [3.63, 3.8) is 0 Å². The average molecular weight is 238 g/mol. The topological polar surface area (TPSA) is 61.8 Å². The van der Waals surface area contributed by atoms with Crippen LogP contribution in [0.15, 0.2) is 24.3 Å². The summed E-state index contributed by atoms with van der Waals surface area (Å²) in [5.74, 6) is -0.480. The highest BCUT2D eigenvalue weighted by atomic mass is 16.5. The van der Waals surface area contributed by atoms with E-state index in [2.05, 4.69) is 4.74 Å². The molecule has 0 aliphatic rings. The Labute approximate surface area is 99.3 Å². The Morgan fingerprint density at radius 1 is 1.06 bits per heavy atom. The zero-order chi connectivity index (χ0) is 12.7. The van der Waals surface area contributed by atoms with Crippen LogP contribution in [0.5, 0.6) is 5.75 Å². The van der Waals surface area contributed by atoms with E-state index in [4.69, 9.17) is 9.47 Å². The normalized spacial score (nSPS) is 9.53. The Morgan fingerprint density at radius 3 is 2.24 bits per heavy atom. The summed E-state index contributed by atoms with van der Waals surface area (Å²) in [5.41, 5.74) is 0.823. The van der Waals surface area contributed by atoms with Crippen LogP contribution in [-0.2, 0) is 25.7 Å². The Morgan fingerprint density at radius 2 is 1.71 bits per heavy atom. The molecule has 0 saturated carbocycles. The molecule has 0 radical (unpaired) electrons. The van der Waals surface area contributed by atoms with E-state index in [1.807, 2.05) is 0 Å². The van der Waals surface area contributed by atoms with Crippen LogP contribution in [0.3, 0.4) is 0 Å². The summed E-state index contributed by atoms with van der Waals surface area (Å²) in [4.78, 5) is 21.9. The fourth-order valence-electron chi connectivity index (χ4n) is 1.13. The summed E-state index contributed by atoms with van der Waals surface area (Å²) in [7, 11) is 2.80. The van der Waals surface area contributed by atoms with Crippen molar-refractivity contribution in [1.82, 2.24) is 0 Å². The Kier molecular flexibility index (Phi) is 5.00. The van der Waals surface area contributed by atoms with Crippen LogP contribution < -0.4 is 4.74 Å². The van der Waals surface area contributed by atoms with Gasteiger partial charge in [-0.25, -0.2) is 0 Å². The predicted molar refractivity (Wildman–Crippen MR) is 59.4 cm³/mol. The van der Waals surface area contributed by atoms with Crippen LogP contribution >= 0.6 is 0 Å². The molecule has 0 saturated heterocycles. The first kappa shape index (κ1) is 13.0. The van der Waals surface area contributed by atoms with Gasteiger partial charge in [-0.15, -0.1) is 0 Å². The van der Waals surface area contributed by atoms with Crippen molar-refractivity contribution in [2.45, 2.75) is 13.0 Å². The van der Waals surface area contributed by atoms with Gasteiger partial charge in [-0.05, 0) is 17.7 Å². The van der Waals surface area contributed by atoms with Gasteiger partial charge in [-0.2, -0.15) is 0 Å². The molecule has 0 aromatic heterocycles. The van der Waals surface area contributed by atoms with Gasteiger partial charge in [-0.1, -0.05) is 12.1 Å². The number of rotatable bonds is 5. The van der Waals surface area contributed by atoms with Gasteiger partial charge in [0, 0.05) is 0 Å². The van der Waals surface area contributed by atoms with Gasteiger partial charge in [0.15, 0.2) is 0 Å². The maximum atomic E-state index is 11.2. The number of methoxy groups -OCH3 is 2. The lowest BCUT2D eigenvalue weighted by molar-refractivity contribution is -0.153. The van der Waals surface area contributed by atoms with E-state index in [0.717, 1.165) is 11.3 Å². The minimum Gasteiger partial charge on any atom is -0.497 e. The van der Waals surface area contributed by atoms with Crippen LogP contribution in [-0.4, -0.2) is 26.2 Å². The van der Waals surface area contributed by atoms with E-state index in [1.54, 1.807) is 31.4 Å². The van der Waals surface area contributed by atoms with Gasteiger partial charge < -0.3 is 14.2 Å². The fourth-order valence-corrected chi connectivity index (χ4v) is 1.13. The number of ether oxygens (including phenoxy) is 3. The van der Waals surface area contributed by atoms with Crippen molar-refractivity contribution in [2.75, 3.05) is 14.2 Å². The molecule has 0 aliphatic heterocycles. The summed E-state index contributed by atoms with van der Waals surface area (Å²) in [5, 5.41) is 0. The van der Waals surface area contributed by atoms with E-state index in [9.17, 15) is 9.59 Å². The third-order valence-electron chi connectivity index (χ3n) is 2.08. The van der Waals surface area contributed by atoms with Crippen molar-refractivity contribution in [3.8, 4) is 5.75 Å². The van der Waals surface area contributed by atoms with Gasteiger partial charge in [0.1, 0.15) is 18.8 Å². The van der Waals surface area contributed by atoms with Gasteiger partial charge in [0.2, 0.25) is 0 Å². The molecule has 0 aliphatic carbocycles. The van der Waals surface area contributed by atoms with Crippen LogP contribution in [0.1, 0.15) is 12.0 Å². The summed E-state index contributed by atoms with van der Waals surface area (Å²) in [6, 6.07) is 7.10. The number of hydrogen-bond acceptors (Lipinski definition) is 5. The molecular formula is C12H14O5. The smallest absolute Gasteiger partial charge is 0.317 e. The number of carbonyl (C=O) groups is 2. The third kappa shape index (κ3) is 4.55. The third-order valence-corrected chi connectivity index (χ3v) is 2.08. The van der Waals surface area contributed by atoms with Gasteiger partial charge in [0.05, 0.1) is 14.2 Å². The standard InChI is InChI=1S/C12H14O5/c1-15-10-5-3-9(4-6-10)8-17-12(14)7-11(13)16-2/h3-6H,7-8H2,1-2H3. The van der Waals surface area contributed by atoms with Crippen molar-refractivity contribution >= 4 is 11.9 Å². The highest BCUT2D eigenvalue weighted by molar-refractivity contribution is 5.91. The molecule has 0 heterocycles. The van der Waals surface area contributed by atoms with E-state index in [0.29, 0.717) is 0 Å². The molecule has 0 amide bonds. The molecule has 1 aromatic carbocycles. The minimum absolute atomic E-state index is 0.125. The molecule has 17 heavy (non-hydrogen) atoms. The van der Waals surface area contributed by atoms with Crippen LogP contribution in [0.2, 0.25) is 0 Å². The van der Waals surface area contributed by atoms with Gasteiger partial charge >= 0.3 is 11.9 Å². The first-order chi connectivity index (χ1) is 8.15. The minimum atomic E-state index is -0.607. The molecule has 1 aromatic rings. The largest absolute Gasteiger partial charge is 0.497 e. The maximum absolute atomic E-state index is 11.2. The van der Waals surface area contributed by atoms with E-state index in [1.165, 1.54) is 7.11 Å². The monoisotopic (exact) mass is 238 g/mol. The zero-order valence-electron chi connectivity index (χ0n) is 9.76. The van der Waals surface area contributed by atoms with Crippen LogP contribution in [0.25, 0.3) is 0 Å². The van der Waals surface area contributed by atoms with Gasteiger partial charge in [0.25, 0.3) is 0 Å². The summed E-state index contributed by atoms with van der Waals surface area (Å²) < 4.78 is 14.2. The number of carbonyl (C=O) groups excluding carboxylic acids is 2. The highest BCUT2D eigenvalue weighted by Gasteiger charge is 2.10. The van der Waals surface area contributed by atoms with Crippen molar-refractivity contribution < 1.29 is 23.8 Å². The van der Waals surface area contributed by atoms with E-state index < -0.39 is 11.9 Å². The second-order valence-corrected chi connectivity index (χ2v) is 3.26. The Hall–Kier alpha value is -2.04. The SMILES string of the molecule is COC(=O)CC(=O)OCc1ccc(OC)cc1. The predicted octanol–water partition coefficient (Wildman–Crippen LogP) is 1.30. The van der Waals surface area contributed by atoms with Crippen molar-refractivity contribution in [1.29, 1.82) is 0 Å². The number of esters is 2. The summed E-state index contributed by atoms with van der Waals surface area (Å²) in [6.07, 6.45) is -0.368. The first-order valence-corrected chi connectivity index (χ1v) is 5.01. The van der Waals surface area contributed by atoms with Crippen molar-refractivity contribution in [2.24, 2.45) is 0 Å². The van der Waals surface area contributed by atoms with Crippen molar-refractivity contribution in [3.05, 3.63) is 29.8 Å². The molecule has 0 unspecified atom stereocenters. The van der Waals surface area contributed by atoms with Crippen LogP contribution in [0.4, 0.5) is 0 Å². The number of hydrogen-bond donors (Lipinski definition) is 0. The second-order valence-electron chi connectivity index (χ2n) is 3.26. The molecule has 0 spiro atoms. The number of benzene rings is 1. The molecular weight excluding hydrogens is 224 g/mol. The molecule has 0 N–H and O–H groups in total. The fraction of sp³-hybridized carbons (Fsp3) is 0.333. The first-order valence-electron chi connectivity index (χ1n) is 5.01. The zero-order valence-corrected chi connectivity index (χ0v) is 9.76. The maximum Gasteiger partial charge on any atom is 0.317 e. The Balaban J connectivity index is 2.39. The second kappa shape index (κ2) is 6.52. The molecule has 0 atom stereocenters. The van der Waals surface area contributed by atoms with E-state index >= 15 is 0 Å². The van der Waals surface area contributed by atoms with Gasteiger partial charge in [-0.3, -0.25) is 9.59 Å². The molecule has 0 bridgehead atoms. The lowest BCUT2D eigenvalue weighted by Crippen LogP contribution is -2.12. The van der Waals surface area contributed by atoms with E-state index in [-0.39, 0.29) is 13.0 Å². The quantitative estimate of drug-likeness (QED) is 0.571. The highest BCUT2D eigenvalue weighted by Crippen LogP contribution is 2.12. The Bertz CT molecular complexity index is 382. The lowest BCUT2D eigenvalue weighted by Gasteiger charge is -2.05. The molecule has 0 fully saturated rings. The van der Waals surface area contributed by atoms with Crippen LogP contribution in [0, 0.1) is 0 Å². The lowest BCUT2D eigenvalue weighted by atomic mass is 10.2. The molecule has 1 rings (SSSR count). The average Bonchev–Trinajstić information content (AvgIpc) is 2.36.